The SMILES string of the molecule is CCCC/C=C/C=C(\C)C(=O)[C@@H](C(=O)S)C(C)NC(C)=O. The van der Waals surface area contributed by atoms with Crippen LogP contribution < -0.4 is 5.32 Å². The van der Waals surface area contributed by atoms with Gasteiger partial charge in [-0.1, -0.05) is 38.0 Å². The van der Waals surface area contributed by atoms with Gasteiger partial charge in [-0.05, 0) is 25.8 Å². The van der Waals surface area contributed by atoms with Crippen molar-refractivity contribution in [2.45, 2.75) is 53.0 Å². The predicted molar refractivity (Wildman–Crippen MR) is 88.2 cm³/mol. The largest absolute Gasteiger partial charge is 0.353 e. The Hall–Kier alpha value is -1.36. The van der Waals surface area contributed by atoms with Crippen molar-refractivity contribution in [2.75, 3.05) is 0 Å². The van der Waals surface area contributed by atoms with Gasteiger partial charge in [0.05, 0.1) is 0 Å². The number of carbonyl (C=O) groups is 3. The van der Waals surface area contributed by atoms with Gasteiger partial charge in [-0.2, -0.15) is 0 Å². The summed E-state index contributed by atoms with van der Waals surface area (Å²) in [4.78, 5) is 34.9. The van der Waals surface area contributed by atoms with Crippen LogP contribution in [0.3, 0.4) is 0 Å². The molecule has 2 atom stereocenters. The fourth-order valence-electron chi connectivity index (χ4n) is 1.92. The van der Waals surface area contributed by atoms with Crippen LogP contribution in [0.1, 0.15) is 47.0 Å². The molecule has 0 aliphatic rings. The lowest BCUT2D eigenvalue weighted by molar-refractivity contribution is -0.127. The number of allylic oxidation sites excluding steroid dienone is 4. The summed E-state index contributed by atoms with van der Waals surface area (Å²) in [6, 6.07) is -0.576. The van der Waals surface area contributed by atoms with E-state index in [9.17, 15) is 14.4 Å². The van der Waals surface area contributed by atoms with Crippen LogP contribution in [0, 0.1) is 5.92 Å². The van der Waals surface area contributed by atoms with E-state index in [1.807, 2.05) is 12.2 Å². The van der Waals surface area contributed by atoms with Crippen molar-refractivity contribution >= 4 is 29.4 Å². The van der Waals surface area contributed by atoms with Crippen molar-refractivity contribution in [2.24, 2.45) is 5.92 Å². The number of carbonyl (C=O) groups excluding carboxylic acids is 3. The first-order valence-corrected chi connectivity index (χ1v) is 7.63. The molecule has 0 aromatic heterocycles. The van der Waals surface area contributed by atoms with Gasteiger partial charge in [0.1, 0.15) is 5.92 Å². The molecule has 4 nitrogen and oxygen atoms in total. The first-order chi connectivity index (χ1) is 9.81. The molecule has 0 bridgehead atoms. The molecule has 0 rings (SSSR count). The fraction of sp³-hybridized carbons (Fsp3) is 0.562. The summed E-state index contributed by atoms with van der Waals surface area (Å²) in [6.07, 6.45) is 8.71. The molecular weight excluding hydrogens is 286 g/mol. The van der Waals surface area contributed by atoms with Gasteiger partial charge in [-0.3, -0.25) is 14.4 Å². The van der Waals surface area contributed by atoms with E-state index in [0.29, 0.717) is 5.57 Å². The maximum Gasteiger partial charge on any atom is 0.217 e. The minimum Gasteiger partial charge on any atom is -0.353 e. The maximum atomic E-state index is 12.3. The molecule has 118 valence electrons. The summed E-state index contributed by atoms with van der Waals surface area (Å²) in [5, 5.41) is 2.03. The summed E-state index contributed by atoms with van der Waals surface area (Å²) >= 11 is 3.77. The van der Waals surface area contributed by atoms with Crippen molar-refractivity contribution < 1.29 is 14.4 Å². The lowest BCUT2D eigenvalue weighted by atomic mass is 9.92. The zero-order chi connectivity index (χ0) is 16.4. The van der Waals surface area contributed by atoms with Crippen LogP contribution in [0.2, 0.25) is 0 Å². The van der Waals surface area contributed by atoms with E-state index >= 15 is 0 Å². The molecule has 0 saturated heterocycles. The van der Waals surface area contributed by atoms with Gasteiger partial charge in [0.25, 0.3) is 0 Å². The second kappa shape index (κ2) is 10.4. The third-order valence-corrected chi connectivity index (χ3v) is 3.35. The van der Waals surface area contributed by atoms with E-state index in [2.05, 4.69) is 24.9 Å². The second-order valence-electron chi connectivity index (χ2n) is 5.09. The van der Waals surface area contributed by atoms with Crippen LogP contribution in [0.15, 0.2) is 23.8 Å². The predicted octanol–water partition coefficient (Wildman–Crippen LogP) is 2.85. The fourth-order valence-corrected chi connectivity index (χ4v) is 2.26. The highest BCUT2D eigenvalue weighted by Gasteiger charge is 2.31. The average Bonchev–Trinajstić information content (AvgIpc) is 2.36. The zero-order valence-corrected chi connectivity index (χ0v) is 14.1. The molecular formula is C16H25NO3S. The Labute approximate surface area is 132 Å². The smallest absolute Gasteiger partial charge is 0.217 e. The normalized spacial score (nSPS) is 14.8. The molecule has 0 heterocycles. The summed E-state index contributed by atoms with van der Waals surface area (Å²) in [6.45, 7) is 6.75. The number of hydrogen-bond donors (Lipinski definition) is 2. The number of amides is 1. The van der Waals surface area contributed by atoms with Crippen LogP contribution in [0.5, 0.6) is 0 Å². The number of unbranched alkanes of at least 4 members (excludes halogenated alkanes) is 2. The zero-order valence-electron chi connectivity index (χ0n) is 13.2. The van der Waals surface area contributed by atoms with E-state index in [1.165, 1.54) is 6.92 Å². The first-order valence-electron chi connectivity index (χ1n) is 7.18. The van der Waals surface area contributed by atoms with E-state index in [-0.39, 0.29) is 11.7 Å². The number of Topliss-reactive ketones (excluding diaryl/α,β-unsaturated/α-hetero) is 1. The van der Waals surface area contributed by atoms with Crippen molar-refractivity contribution in [1.29, 1.82) is 0 Å². The lowest BCUT2D eigenvalue weighted by Gasteiger charge is -2.20. The van der Waals surface area contributed by atoms with Crippen molar-refractivity contribution in [3.8, 4) is 0 Å². The van der Waals surface area contributed by atoms with E-state index in [1.54, 1.807) is 19.9 Å². The summed E-state index contributed by atoms with van der Waals surface area (Å²) in [7, 11) is 0. The number of rotatable bonds is 9. The molecule has 0 saturated carbocycles. The molecule has 0 aromatic rings. The Kier molecular flexibility index (Phi) is 9.71. The van der Waals surface area contributed by atoms with E-state index in [4.69, 9.17) is 0 Å². The maximum absolute atomic E-state index is 12.3. The van der Waals surface area contributed by atoms with Gasteiger partial charge in [-0.15, -0.1) is 12.6 Å². The van der Waals surface area contributed by atoms with Gasteiger partial charge in [-0.25, -0.2) is 0 Å². The lowest BCUT2D eigenvalue weighted by Crippen LogP contribution is -2.43. The first kappa shape index (κ1) is 19.6. The molecule has 5 heteroatoms. The minimum absolute atomic E-state index is 0.282. The van der Waals surface area contributed by atoms with E-state index in [0.717, 1.165) is 19.3 Å². The molecule has 1 N–H and O–H groups in total. The Morgan fingerprint density at radius 2 is 1.86 bits per heavy atom. The van der Waals surface area contributed by atoms with Gasteiger partial charge in [0.15, 0.2) is 10.9 Å². The van der Waals surface area contributed by atoms with Crippen molar-refractivity contribution in [3.63, 3.8) is 0 Å². The quantitative estimate of drug-likeness (QED) is 0.226. The Bertz CT molecular complexity index is 441. The van der Waals surface area contributed by atoms with Crippen LogP contribution in [0.25, 0.3) is 0 Å². The molecule has 21 heavy (non-hydrogen) atoms. The molecule has 1 unspecified atom stereocenters. The highest BCUT2D eigenvalue weighted by Crippen LogP contribution is 2.15. The third-order valence-electron chi connectivity index (χ3n) is 3.07. The van der Waals surface area contributed by atoms with Crippen molar-refractivity contribution in [1.82, 2.24) is 5.32 Å². The Morgan fingerprint density at radius 3 is 2.33 bits per heavy atom. The molecule has 0 radical (unpaired) electrons. The third kappa shape index (κ3) is 7.85. The van der Waals surface area contributed by atoms with Gasteiger partial charge >= 0.3 is 0 Å². The average molecular weight is 311 g/mol. The highest BCUT2D eigenvalue weighted by molar-refractivity contribution is 7.96. The highest BCUT2D eigenvalue weighted by atomic mass is 32.1. The van der Waals surface area contributed by atoms with Gasteiger partial charge < -0.3 is 5.32 Å². The Morgan fingerprint density at radius 1 is 1.24 bits per heavy atom. The summed E-state index contributed by atoms with van der Waals surface area (Å²) < 4.78 is 0. The Balaban J connectivity index is 4.88. The molecule has 1 amide bonds. The molecule has 0 aliphatic carbocycles. The van der Waals surface area contributed by atoms with Crippen LogP contribution in [-0.2, 0) is 14.4 Å². The van der Waals surface area contributed by atoms with E-state index < -0.39 is 17.1 Å². The summed E-state index contributed by atoms with van der Waals surface area (Å²) in [5.74, 6) is -1.55. The topological polar surface area (TPSA) is 63.2 Å². The molecule has 0 spiro atoms. The van der Waals surface area contributed by atoms with Crippen LogP contribution >= 0.6 is 12.6 Å². The van der Waals surface area contributed by atoms with Gasteiger partial charge in [0, 0.05) is 13.0 Å². The van der Waals surface area contributed by atoms with Crippen LogP contribution in [0.4, 0.5) is 0 Å². The molecule has 0 aliphatic heterocycles. The number of ketones is 1. The van der Waals surface area contributed by atoms with Gasteiger partial charge in [0.2, 0.25) is 5.91 Å². The number of nitrogens with one attached hydrogen (secondary N) is 1. The summed E-state index contributed by atoms with van der Waals surface area (Å²) in [5.41, 5.74) is 0.479. The second-order valence-corrected chi connectivity index (χ2v) is 5.53. The standard InChI is InChI=1S/C16H25NO3S/c1-5-6-7-8-9-10-11(2)15(19)14(16(20)21)12(3)17-13(4)18/h8-10,12,14H,5-7H2,1-4H3,(H,17,18)(H,20,21)/b9-8+,11-10+/t12?,14-/m0/s1. The monoisotopic (exact) mass is 311 g/mol. The minimum atomic E-state index is -0.961. The van der Waals surface area contributed by atoms with Crippen molar-refractivity contribution in [3.05, 3.63) is 23.8 Å². The van der Waals surface area contributed by atoms with Crippen LogP contribution in [-0.4, -0.2) is 22.8 Å². The number of hydrogen-bond acceptors (Lipinski definition) is 3. The number of thiol groups is 1. The molecule has 0 aromatic carbocycles. The molecule has 0 fully saturated rings.